The number of hydrogen-bond donors (Lipinski definition) is 2. The van der Waals surface area contributed by atoms with Crippen LogP contribution in [0.5, 0.6) is 5.75 Å². The predicted octanol–water partition coefficient (Wildman–Crippen LogP) is 3.78. The Bertz CT molecular complexity index is 635. The van der Waals surface area contributed by atoms with Crippen molar-refractivity contribution in [3.63, 3.8) is 0 Å². The third-order valence-corrected chi connectivity index (χ3v) is 4.22. The first-order chi connectivity index (χ1) is 11.1. The van der Waals surface area contributed by atoms with E-state index in [2.05, 4.69) is 15.4 Å². The molecule has 2 rings (SSSR count). The molecule has 132 valence electrons. The van der Waals surface area contributed by atoms with Crippen molar-refractivity contribution < 1.29 is 18.3 Å². The summed E-state index contributed by atoms with van der Waals surface area (Å²) in [6.45, 7) is -1.36. The fourth-order valence-corrected chi connectivity index (χ4v) is 2.90. The maximum atomic E-state index is 12.1. The highest BCUT2D eigenvalue weighted by atomic mass is 35.5. The summed E-state index contributed by atoms with van der Waals surface area (Å²) in [4.78, 5) is 13.5. The van der Waals surface area contributed by atoms with Gasteiger partial charge in [-0.25, -0.2) is 0 Å². The van der Waals surface area contributed by atoms with Crippen LogP contribution in [0.25, 0.3) is 10.4 Å². The van der Waals surface area contributed by atoms with Crippen molar-refractivity contribution in [3.8, 4) is 16.2 Å². The number of ether oxygens (including phenoxy) is 1. The summed E-state index contributed by atoms with van der Waals surface area (Å²) in [5, 5.41) is 5.87. The van der Waals surface area contributed by atoms with Gasteiger partial charge in [0.25, 0.3) is 5.91 Å². The van der Waals surface area contributed by atoms with Crippen LogP contribution in [0.15, 0.2) is 36.4 Å². The lowest BCUT2D eigenvalue weighted by Gasteiger charge is -2.05. The number of carbonyl (C=O) groups excluding carboxylic acids is 1. The lowest BCUT2D eigenvalue weighted by Crippen LogP contribution is -2.25. The molecule has 0 aliphatic rings. The summed E-state index contributed by atoms with van der Waals surface area (Å²) >= 11 is 1.36. The predicted molar refractivity (Wildman–Crippen MR) is 94.5 cm³/mol. The number of alkyl halides is 2. The Hall–Kier alpha value is -1.70. The number of nitrogens with one attached hydrogen (secondary N) is 2. The van der Waals surface area contributed by atoms with Gasteiger partial charge < -0.3 is 15.4 Å². The van der Waals surface area contributed by atoms with Crippen molar-refractivity contribution in [1.82, 2.24) is 10.6 Å². The summed E-state index contributed by atoms with van der Waals surface area (Å²) in [6.07, 6.45) is 0.867. The molecule has 0 fully saturated rings. The monoisotopic (exact) mass is 376 g/mol. The van der Waals surface area contributed by atoms with Crippen LogP contribution in [0.3, 0.4) is 0 Å². The summed E-state index contributed by atoms with van der Waals surface area (Å²) < 4.78 is 28.5. The molecule has 8 heteroatoms. The van der Waals surface area contributed by atoms with Crippen LogP contribution in [0.1, 0.15) is 16.1 Å². The number of thiophene rings is 1. The van der Waals surface area contributed by atoms with E-state index in [9.17, 15) is 13.6 Å². The van der Waals surface area contributed by atoms with Crippen LogP contribution in [-0.4, -0.2) is 32.7 Å². The molecule has 24 heavy (non-hydrogen) atoms. The van der Waals surface area contributed by atoms with Crippen LogP contribution >= 0.6 is 23.7 Å². The van der Waals surface area contributed by atoms with Gasteiger partial charge in [-0.05, 0) is 62.0 Å². The van der Waals surface area contributed by atoms with Gasteiger partial charge in [0.1, 0.15) is 5.75 Å². The molecular formula is C16H19ClF2N2O2S. The molecule has 0 bridgehead atoms. The smallest absolute Gasteiger partial charge is 0.387 e. The Kier molecular flexibility index (Phi) is 8.67. The van der Waals surface area contributed by atoms with Crippen LogP contribution in [0, 0.1) is 0 Å². The van der Waals surface area contributed by atoms with Gasteiger partial charge in [0.05, 0.1) is 4.88 Å². The SMILES string of the molecule is CNCCCNC(=O)c1ccc(-c2ccc(OC(F)F)cc2)s1.Cl. The Morgan fingerprint density at radius 1 is 1.17 bits per heavy atom. The Morgan fingerprint density at radius 2 is 1.88 bits per heavy atom. The molecule has 1 aromatic heterocycles. The molecule has 2 N–H and O–H groups in total. The number of amides is 1. The molecule has 0 radical (unpaired) electrons. The highest BCUT2D eigenvalue weighted by molar-refractivity contribution is 7.17. The van der Waals surface area contributed by atoms with E-state index in [4.69, 9.17) is 0 Å². The Morgan fingerprint density at radius 3 is 2.50 bits per heavy atom. The number of benzene rings is 1. The van der Waals surface area contributed by atoms with Gasteiger partial charge >= 0.3 is 6.61 Å². The lowest BCUT2D eigenvalue weighted by molar-refractivity contribution is -0.0498. The number of rotatable bonds is 8. The van der Waals surface area contributed by atoms with E-state index < -0.39 is 6.61 Å². The first-order valence-electron chi connectivity index (χ1n) is 7.18. The lowest BCUT2D eigenvalue weighted by atomic mass is 10.2. The Labute approximate surface area is 149 Å². The van der Waals surface area contributed by atoms with E-state index in [1.165, 1.54) is 23.5 Å². The minimum absolute atomic E-state index is 0. The van der Waals surface area contributed by atoms with Crippen LogP contribution in [0.2, 0.25) is 0 Å². The zero-order chi connectivity index (χ0) is 16.7. The molecule has 4 nitrogen and oxygen atoms in total. The van der Waals surface area contributed by atoms with E-state index >= 15 is 0 Å². The third-order valence-electron chi connectivity index (χ3n) is 3.08. The largest absolute Gasteiger partial charge is 0.435 e. The van der Waals surface area contributed by atoms with Crippen LogP contribution in [-0.2, 0) is 0 Å². The van der Waals surface area contributed by atoms with Crippen molar-refractivity contribution in [1.29, 1.82) is 0 Å². The second-order valence-electron chi connectivity index (χ2n) is 4.78. The first-order valence-corrected chi connectivity index (χ1v) is 7.99. The number of carbonyl (C=O) groups is 1. The normalized spacial score (nSPS) is 10.3. The van der Waals surface area contributed by atoms with Gasteiger partial charge in [0.15, 0.2) is 0 Å². The molecule has 1 amide bonds. The summed E-state index contributed by atoms with van der Waals surface area (Å²) in [6, 6.07) is 9.96. The van der Waals surface area contributed by atoms with Crippen molar-refractivity contribution in [3.05, 3.63) is 41.3 Å². The first kappa shape index (κ1) is 20.3. The standard InChI is InChI=1S/C16H18F2N2O2S.ClH/c1-19-9-2-10-20-15(21)14-8-7-13(23-14)11-3-5-12(6-4-11)22-16(17)18;/h3-8,16,19H,2,9-10H2,1H3,(H,20,21);1H. The summed E-state index contributed by atoms with van der Waals surface area (Å²) in [5.41, 5.74) is 0.853. The quantitative estimate of drug-likeness (QED) is 0.689. The molecule has 0 saturated heterocycles. The van der Waals surface area contributed by atoms with Crippen molar-refractivity contribution in [2.45, 2.75) is 13.0 Å². The molecule has 0 aliphatic carbocycles. The highest BCUT2D eigenvalue weighted by Crippen LogP contribution is 2.29. The average molecular weight is 377 g/mol. The van der Waals surface area contributed by atoms with Crippen LogP contribution < -0.4 is 15.4 Å². The minimum atomic E-state index is -2.83. The highest BCUT2D eigenvalue weighted by Gasteiger charge is 2.10. The average Bonchev–Trinajstić information content (AvgIpc) is 3.01. The number of halogens is 3. The van der Waals surface area contributed by atoms with Gasteiger partial charge in [0.2, 0.25) is 0 Å². The zero-order valence-electron chi connectivity index (χ0n) is 13.1. The van der Waals surface area contributed by atoms with Crippen molar-refractivity contribution in [2.24, 2.45) is 0 Å². The number of hydrogen-bond acceptors (Lipinski definition) is 4. The van der Waals surface area contributed by atoms with Gasteiger partial charge in [-0.1, -0.05) is 0 Å². The van der Waals surface area contributed by atoms with E-state index in [1.54, 1.807) is 18.2 Å². The third kappa shape index (κ3) is 6.07. The fraction of sp³-hybridized carbons (Fsp3) is 0.312. The summed E-state index contributed by atoms with van der Waals surface area (Å²) in [7, 11) is 1.87. The van der Waals surface area contributed by atoms with Gasteiger partial charge in [-0.3, -0.25) is 4.79 Å². The second-order valence-corrected chi connectivity index (χ2v) is 5.86. The second kappa shape index (κ2) is 10.2. The van der Waals surface area contributed by atoms with Gasteiger partial charge in [-0.2, -0.15) is 8.78 Å². The topological polar surface area (TPSA) is 50.4 Å². The molecule has 2 aromatic rings. The molecule has 0 unspecified atom stereocenters. The molecule has 0 saturated carbocycles. The molecule has 0 spiro atoms. The van der Waals surface area contributed by atoms with Crippen molar-refractivity contribution in [2.75, 3.05) is 20.1 Å². The van der Waals surface area contributed by atoms with Crippen molar-refractivity contribution >= 4 is 29.7 Å². The van der Waals surface area contributed by atoms with Crippen LogP contribution in [0.4, 0.5) is 8.78 Å². The molecule has 1 aromatic carbocycles. The maximum absolute atomic E-state index is 12.1. The fourth-order valence-electron chi connectivity index (χ4n) is 1.97. The molecular weight excluding hydrogens is 358 g/mol. The van der Waals surface area contributed by atoms with E-state index in [-0.39, 0.29) is 24.1 Å². The van der Waals surface area contributed by atoms with Gasteiger partial charge in [-0.15, -0.1) is 23.7 Å². The molecule has 0 atom stereocenters. The van der Waals surface area contributed by atoms with E-state index in [0.717, 1.165) is 23.4 Å². The molecule has 0 aliphatic heterocycles. The molecule has 1 heterocycles. The minimum Gasteiger partial charge on any atom is -0.435 e. The summed E-state index contributed by atoms with van der Waals surface area (Å²) in [5.74, 6) is 0.0119. The zero-order valence-corrected chi connectivity index (χ0v) is 14.7. The van der Waals surface area contributed by atoms with E-state index in [0.29, 0.717) is 11.4 Å². The van der Waals surface area contributed by atoms with Gasteiger partial charge in [0, 0.05) is 11.4 Å². The Balaban J connectivity index is 0.00000288. The van der Waals surface area contributed by atoms with E-state index in [1.807, 2.05) is 13.1 Å². The maximum Gasteiger partial charge on any atom is 0.387 e.